The predicted octanol–water partition coefficient (Wildman–Crippen LogP) is 4.39. The SMILES string of the molecule is CC(C)CC(CNCc1ccc(-c2ccc(F)cc2)s1)C(=O)O. The summed E-state index contributed by atoms with van der Waals surface area (Å²) in [5.74, 6) is -0.974. The number of hydrogen-bond donors (Lipinski definition) is 2. The van der Waals surface area contributed by atoms with Crippen LogP contribution in [0.5, 0.6) is 0 Å². The van der Waals surface area contributed by atoms with Crippen molar-refractivity contribution >= 4 is 17.3 Å². The zero-order valence-corrected chi connectivity index (χ0v) is 14.2. The van der Waals surface area contributed by atoms with E-state index in [1.807, 2.05) is 26.0 Å². The molecule has 0 aliphatic carbocycles. The lowest BCUT2D eigenvalue weighted by molar-refractivity contribution is -0.142. The second-order valence-electron chi connectivity index (χ2n) is 6.07. The standard InChI is InChI=1S/C18H22FNO2S/c1-12(2)9-14(18(21)22)10-20-11-16-7-8-17(23-16)13-3-5-15(19)6-4-13/h3-8,12,14,20H,9-11H2,1-2H3,(H,21,22). The molecule has 0 radical (unpaired) electrons. The number of carboxylic acids is 1. The Morgan fingerprint density at radius 1 is 1.22 bits per heavy atom. The second-order valence-corrected chi connectivity index (χ2v) is 7.24. The van der Waals surface area contributed by atoms with Crippen molar-refractivity contribution in [3.8, 4) is 10.4 Å². The number of carbonyl (C=O) groups is 1. The zero-order chi connectivity index (χ0) is 16.8. The monoisotopic (exact) mass is 335 g/mol. The fraction of sp³-hybridized carbons (Fsp3) is 0.389. The van der Waals surface area contributed by atoms with Gasteiger partial charge in [-0.05, 0) is 42.2 Å². The molecule has 0 spiro atoms. The maximum absolute atomic E-state index is 13.0. The summed E-state index contributed by atoms with van der Waals surface area (Å²) in [4.78, 5) is 13.4. The van der Waals surface area contributed by atoms with E-state index in [2.05, 4.69) is 5.32 Å². The van der Waals surface area contributed by atoms with Gasteiger partial charge < -0.3 is 10.4 Å². The molecule has 2 N–H and O–H groups in total. The van der Waals surface area contributed by atoms with Crippen LogP contribution >= 0.6 is 11.3 Å². The maximum atomic E-state index is 13.0. The highest BCUT2D eigenvalue weighted by atomic mass is 32.1. The van der Waals surface area contributed by atoms with Crippen LogP contribution in [0.2, 0.25) is 0 Å². The Hall–Kier alpha value is -1.72. The number of carboxylic acid groups (broad SMARTS) is 1. The molecular formula is C18H22FNO2S. The smallest absolute Gasteiger partial charge is 0.307 e. The number of rotatable bonds is 8. The first-order valence-electron chi connectivity index (χ1n) is 7.74. The first-order valence-corrected chi connectivity index (χ1v) is 8.55. The van der Waals surface area contributed by atoms with E-state index in [0.29, 0.717) is 25.4 Å². The number of aliphatic carboxylic acids is 1. The Morgan fingerprint density at radius 2 is 1.91 bits per heavy atom. The van der Waals surface area contributed by atoms with E-state index >= 15 is 0 Å². The molecule has 1 aromatic heterocycles. The third kappa shape index (κ3) is 5.44. The fourth-order valence-electron chi connectivity index (χ4n) is 2.45. The van der Waals surface area contributed by atoms with Crippen LogP contribution in [-0.2, 0) is 11.3 Å². The first-order chi connectivity index (χ1) is 11.0. The van der Waals surface area contributed by atoms with Gasteiger partial charge in [0.1, 0.15) is 5.82 Å². The van der Waals surface area contributed by atoms with Crippen molar-refractivity contribution < 1.29 is 14.3 Å². The van der Waals surface area contributed by atoms with Crippen molar-refractivity contribution in [2.75, 3.05) is 6.54 Å². The molecule has 1 unspecified atom stereocenters. The first kappa shape index (κ1) is 17.6. The van der Waals surface area contributed by atoms with Crippen molar-refractivity contribution in [3.63, 3.8) is 0 Å². The molecule has 124 valence electrons. The average molecular weight is 335 g/mol. The summed E-state index contributed by atoms with van der Waals surface area (Å²) < 4.78 is 13.0. The highest BCUT2D eigenvalue weighted by Crippen LogP contribution is 2.28. The van der Waals surface area contributed by atoms with Gasteiger partial charge in [0.25, 0.3) is 0 Å². The lowest BCUT2D eigenvalue weighted by Crippen LogP contribution is -2.29. The number of halogens is 1. The zero-order valence-electron chi connectivity index (χ0n) is 13.4. The Bertz CT molecular complexity index is 637. The fourth-order valence-corrected chi connectivity index (χ4v) is 3.44. The van der Waals surface area contributed by atoms with Crippen molar-refractivity contribution in [2.24, 2.45) is 11.8 Å². The molecule has 0 saturated carbocycles. The summed E-state index contributed by atoms with van der Waals surface area (Å²) in [7, 11) is 0. The van der Waals surface area contributed by atoms with E-state index in [0.717, 1.165) is 15.3 Å². The van der Waals surface area contributed by atoms with Crippen LogP contribution in [0, 0.1) is 17.7 Å². The van der Waals surface area contributed by atoms with E-state index in [1.165, 1.54) is 12.1 Å². The number of thiophene rings is 1. The molecule has 23 heavy (non-hydrogen) atoms. The van der Waals surface area contributed by atoms with Gasteiger partial charge in [-0.2, -0.15) is 0 Å². The third-order valence-corrected chi connectivity index (χ3v) is 4.72. The quantitative estimate of drug-likeness (QED) is 0.752. The van der Waals surface area contributed by atoms with Gasteiger partial charge >= 0.3 is 5.97 Å². The van der Waals surface area contributed by atoms with Crippen LogP contribution in [0.1, 0.15) is 25.1 Å². The minimum absolute atomic E-state index is 0.239. The summed E-state index contributed by atoms with van der Waals surface area (Å²) in [6, 6.07) is 10.5. The second kappa shape index (κ2) is 8.22. The van der Waals surface area contributed by atoms with Gasteiger partial charge in [0.2, 0.25) is 0 Å². The number of hydrogen-bond acceptors (Lipinski definition) is 3. The summed E-state index contributed by atoms with van der Waals surface area (Å²) in [6.45, 7) is 5.18. The van der Waals surface area contributed by atoms with E-state index in [9.17, 15) is 14.3 Å². The molecule has 2 aromatic rings. The number of nitrogens with one attached hydrogen (secondary N) is 1. The van der Waals surface area contributed by atoms with Gasteiger partial charge in [0, 0.05) is 22.8 Å². The summed E-state index contributed by atoms with van der Waals surface area (Å²) in [5, 5.41) is 12.5. The lowest BCUT2D eigenvalue weighted by Gasteiger charge is -2.15. The van der Waals surface area contributed by atoms with Crippen molar-refractivity contribution in [1.29, 1.82) is 0 Å². The average Bonchev–Trinajstić information content (AvgIpc) is 2.95. The maximum Gasteiger partial charge on any atom is 0.307 e. The van der Waals surface area contributed by atoms with E-state index < -0.39 is 5.97 Å². The molecule has 0 saturated heterocycles. The lowest BCUT2D eigenvalue weighted by atomic mass is 9.97. The van der Waals surface area contributed by atoms with Crippen LogP contribution in [0.4, 0.5) is 4.39 Å². The summed E-state index contributed by atoms with van der Waals surface area (Å²) in [6.07, 6.45) is 0.674. The molecule has 0 bridgehead atoms. The van der Waals surface area contributed by atoms with E-state index in [-0.39, 0.29) is 11.7 Å². The Kier molecular flexibility index (Phi) is 6.30. The molecule has 1 heterocycles. The van der Waals surface area contributed by atoms with Gasteiger partial charge in [-0.25, -0.2) is 4.39 Å². The van der Waals surface area contributed by atoms with Gasteiger partial charge in [0.15, 0.2) is 0 Å². The van der Waals surface area contributed by atoms with Crippen molar-refractivity contribution in [3.05, 3.63) is 47.1 Å². The van der Waals surface area contributed by atoms with Crippen LogP contribution in [0.3, 0.4) is 0 Å². The van der Waals surface area contributed by atoms with E-state index in [4.69, 9.17) is 0 Å². The minimum Gasteiger partial charge on any atom is -0.481 e. The topological polar surface area (TPSA) is 49.3 Å². The summed E-state index contributed by atoms with van der Waals surface area (Å²) >= 11 is 1.63. The van der Waals surface area contributed by atoms with Crippen LogP contribution in [-0.4, -0.2) is 17.6 Å². The minimum atomic E-state index is -0.746. The molecule has 0 amide bonds. The Labute approximate surface area is 140 Å². The highest BCUT2D eigenvalue weighted by Gasteiger charge is 2.18. The third-order valence-electron chi connectivity index (χ3n) is 3.59. The van der Waals surface area contributed by atoms with Crippen molar-refractivity contribution in [1.82, 2.24) is 5.32 Å². The van der Waals surface area contributed by atoms with Crippen molar-refractivity contribution in [2.45, 2.75) is 26.8 Å². The predicted molar refractivity (Wildman–Crippen MR) is 92.0 cm³/mol. The largest absolute Gasteiger partial charge is 0.481 e. The Balaban J connectivity index is 1.89. The molecule has 1 atom stereocenters. The van der Waals surface area contributed by atoms with E-state index in [1.54, 1.807) is 23.5 Å². The van der Waals surface area contributed by atoms with Gasteiger partial charge in [-0.1, -0.05) is 26.0 Å². The number of benzene rings is 1. The Morgan fingerprint density at radius 3 is 2.52 bits per heavy atom. The molecule has 0 aliphatic heterocycles. The normalized spacial score (nSPS) is 12.5. The van der Waals surface area contributed by atoms with Gasteiger partial charge in [-0.15, -0.1) is 11.3 Å². The summed E-state index contributed by atoms with van der Waals surface area (Å²) in [5.41, 5.74) is 0.992. The molecule has 0 aliphatic rings. The van der Waals surface area contributed by atoms with Gasteiger partial charge in [0.05, 0.1) is 5.92 Å². The molecule has 1 aromatic carbocycles. The van der Waals surface area contributed by atoms with Crippen LogP contribution < -0.4 is 5.32 Å². The molecule has 0 fully saturated rings. The van der Waals surface area contributed by atoms with Crippen LogP contribution in [0.25, 0.3) is 10.4 Å². The van der Waals surface area contributed by atoms with Gasteiger partial charge in [-0.3, -0.25) is 4.79 Å². The molecule has 2 rings (SSSR count). The molecule has 5 heteroatoms. The molecule has 3 nitrogen and oxygen atoms in total. The highest BCUT2D eigenvalue weighted by molar-refractivity contribution is 7.15. The molecular weight excluding hydrogens is 313 g/mol. The van der Waals surface area contributed by atoms with Crippen LogP contribution in [0.15, 0.2) is 36.4 Å².